The van der Waals surface area contributed by atoms with Crippen LogP contribution in [0, 0.1) is 0 Å². The van der Waals surface area contributed by atoms with Gasteiger partial charge in [0.25, 0.3) is 0 Å². The number of rotatable bonds is 9. The van der Waals surface area contributed by atoms with Gasteiger partial charge in [0.1, 0.15) is 0 Å². The summed E-state index contributed by atoms with van der Waals surface area (Å²) >= 11 is 0. The van der Waals surface area contributed by atoms with E-state index < -0.39 is 73.7 Å². The quantitative estimate of drug-likeness (QED) is 0.293. The van der Waals surface area contributed by atoms with Crippen LogP contribution in [0.4, 0.5) is 74.6 Å². The Kier molecular flexibility index (Phi) is 12.6. The molecule has 0 radical (unpaired) electrons. The Labute approximate surface area is 226 Å². The van der Waals surface area contributed by atoms with E-state index in [1.807, 2.05) is 0 Å². The summed E-state index contributed by atoms with van der Waals surface area (Å²) in [6.07, 6.45) is -10.3. The monoisotopic (exact) mass is 665 g/mol. The Morgan fingerprint density at radius 1 is 0.381 bits per heavy atom. The first kappa shape index (κ1) is 38.6. The molecule has 5 nitrogen and oxygen atoms in total. The first-order valence-electron chi connectivity index (χ1n) is 11.6. The van der Waals surface area contributed by atoms with E-state index in [1.165, 1.54) is 0 Å². The van der Waals surface area contributed by atoms with E-state index in [0.717, 1.165) is 4.90 Å². The molecule has 0 N–H and O–H groups in total. The average Bonchev–Trinajstić information content (AvgIpc) is 2.86. The zero-order valence-corrected chi connectivity index (χ0v) is 21.0. The minimum Gasteiger partial charge on any atom is -0.378 e. The van der Waals surface area contributed by atoms with Gasteiger partial charge in [0.2, 0.25) is 0 Å². The van der Waals surface area contributed by atoms with Crippen molar-refractivity contribution in [2.24, 2.45) is 0 Å². The van der Waals surface area contributed by atoms with Gasteiger partial charge >= 0.3 is 47.6 Å². The summed E-state index contributed by atoms with van der Waals surface area (Å²) in [5.74, 6) is -56.4. The van der Waals surface area contributed by atoms with Crippen molar-refractivity contribution in [3.05, 3.63) is 0 Å². The van der Waals surface area contributed by atoms with Gasteiger partial charge in [0, 0.05) is 26.1 Å². The average molecular weight is 665 g/mol. The SMILES string of the molecule is FC(F)(F)C(F)(F)C(F)(F)C(F)(F)C(F)(F)C(F)(F)C(F)(F)C(F)(F)CCN1CCOCCOCCOCCOCC1. The van der Waals surface area contributed by atoms with Crippen molar-refractivity contribution in [3.63, 3.8) is 0 Å². The van der Waals surface area contributed by atoms with Crippen molar-refractivity contribution in [3.8, 4) is 0 Å². The Balaban J connectivity index is 3.19. The van der Waals surface area contributed by atoms with Crippen LogP contribution in [0.2, 0.25) is 0 Å². The van der Waals surface area contributed by atoms with E-state index >= 15 is 0 Å². The van der Waals surface area contributed by atoms with Gasteiger partial charge in [-0.25, -0.2) is 0 Å². The number of alkyl halides is 17. The summed E-state index contributed by atoms with van der Waals surface area (Å²) in [4.78, 5) is 0.786. The lowest BCUT2D eigenvalue weighted by atomic mass is 9.88. The van der Waals surface area contributed by atoms with Crippen LogP contribution in [0.15, 0.2) is 0 Å². The zero-order valence-electron chi connectivity index (χ0n) is 21.0. The summed E-state index contributed by atoms with van der Waals surface area (Å²) in [7, 11) is 0. The molecule has 0 saturated carbocycles. The van der Waals surface area contributed by atoms with E-state index in [4.69, 9.17) is 18.9 Å². The van der Waals surface area contributed by atoms with E-state index in [2.05, 4.69) is 0 Å². The highest BCUT2D eigenvalue weighted by atomic mass is 19.4. The highest BCUT2D eigenvalue weighted by Crippen LogP contribution is 2.64. The maximum absolute atomic E-state index is 14.2. The molecule has 1 rings (SSSR count). The molecule has 0 aromatic carbocycles. The topological polar surface area (TPSA) is 40.2 Å². The lowest BCUT2D eigenvalue weighted by Gasteiger charge is -2.43. The molecule has 0 bridgehead atoms. The Morgan fingerprint density at radius 3 is 1.00 bits per heavy atom. The molecule has 42 heavy (non-hydrogen) atoms. The van der Waals surface area contributed by atoms with Crippen LogP contribution in [0.1, 0.15) is 6.42 Å². The lowest BCUT2D eigenvalue weighted by Crippen LogP contribution is -2.74. The van der Waals surface area contributed by atoms with Crippen molar-refractivity contribution in [1.29, 1.82) is 0 Å². The maximum atomic E-state index is 14.2. The molecule has 1 aliphatic rings. The highest BCUT2D eigenvalue weighted by Gasteiger charge is 2.95. The van der Waals surface area contributed by atoms with Crippen LogP contribution in [0.5, 0.6) is 0 Å². The molecule has 1 aliphatic heterocycles. The zero-order chi connectivity index (χ0) is 32.9. The standard InChI is InChI=1S/C20H24F17NO4/c21-13(22,1-2-38-3-5-39-7-9-41-11-12-42-10-8-40-6-4-38)14(23,24)15(25,26)16(27,28)17(29,30)18(31,32)19(33,34)20(35,36)37/h1-12H2. The van der Waals surface area contributed by atoms with Crippen molar-refractivity contribution in [2.75, 3.05) is 72.5 Å². The van der Waals surface area contributed by atoms with Crippen LogP contribution in [-0.4, -0.2) is 125 Å². The summed E-state index contributed by atoms with van der Waals surface area (Å²) in [6.45, 7) is -2.65. The third kappa shape index (κ3) is 7.63. The second-order valence-electron chi connectivity index (χ2n) is 8.69. The van der Waals surface area contributed by atoms with E-state index in [0.29, 0.717) is 0 Å². The molecule has 0 aromatic rings. The van der Waals surface area contributed by atoms with Crippen molar-refractivity contribution in [1.82, 2.24) is 4.90 Å². The second-order valence-corrected chi connectivity index (χ2v) is 8.69. The van der Waals surface area contributed by atoms with Crippen LogP contribution < -0.4 is 0 Å². The molecule has 1 heterocycles. The molecule has 1 fully saturated rings. The molecule has 0 aliphatic carbocycles. The molecule has 0 aromatic heterocycles. The minimum atomic E-state index is -8.64. The largest absolute Gasteiger partial charge is 0.460 e. The van der Waals surface area contributed by atoms with Gasteiger partial charge in [-0.15, -0.1) is 0 Å². The van der Waals surface area contributed by atoms with E-state index in [9.17, 15) is 74.6 Å². The number of hydrogen-bond donors (Lipinski definition) is 0. The normalized spacial score (nSPS) is 20.2. The second kappa shape index (κ2) is 13.7. The molecule has 0 unspecified atom stereocenters. The predicted octanol–water partition coefficient (Wildman–Crippen LogP) is 5.77. The third-order valence-corrected chi connectivity index (χ3v) is 5.75. The Morgan fingerprint density at radius 2 is 0.667 bits per heavy atom. The summed E-state index contributed by atoms with van der Waals surface area (Å²) in [5.41, 5.74) is 0. The molecule has 0 amide bonds. The van der Waals surface area contributed by atoms with E-state index in [-0.39, 0.29) is 52.9 Å². The van der Waals surface area contributed by atoms with Gasteiger partial charge in [-0.2, -0.15) is 74.6 Å². The molecule has 0 spiro atoms. The summed E-state index contributed by atoms with van der Waals surface area (Å²) in [5, 5.41) is 0. The highest BCUT2D eigenvalue weighted by molar-refractivity contribution is 5.15. The van der Waals surface area contributed by atoms with Gasteiger partial charge in [-0.05, 0) is 0 Å². The molecule has 22 heteroatoms. The maximum Gasteiger partial charge on any atom is 0.460 e. The molecule has 1 saturated heterocycles. The number of ether oxygens (including phenoxy) is 4. The Bertz CT molecular complexity index is 822. The van der Waals surface area contributed by atoms with Gasteiger partial charge in [-0.1, -0.05) is 0 Å². The lowest BCUT2D eigenvalue weighted by molar-refractivity contribution is -0.461. The summed E-state index contributed by atoms with van der Waals surface area (Å²) in [6, 6.07) is 0. The molecule has 0 atom stereocenters. The van der Waals surface area contributed by atoms with Crippen LogP contribution in [0.3, 0.4) is 0 Å². The fraction of sp³-hybridized carbons (Fsp3) is 1.00. The first-order chi connectivity index (χ1) is 18.8. The predicted molar refractivity (Wildman–Crippen MR) is 105 cm³/mol. The molecular formula is C20H24F17NO4. The van der Waals surface area contributed by atoms with Crippen molar-refractivity contribution in [2.45, 2.75) is 54.1 Å². The van der Waals surface area contributed by atoms with Crippen molar-refractivity contribution >= 4 is 0 Å². The van der Waals surface area contributed by atoms with Gasteiger partial charge in [-0.3, -0.25) is 4.90 Å². The fourth-order valence-corrected chi connectivity index (χ4v) is 3.14. The third-order valence-electron chi connectivity index (χ3n) is 5.75. The van der Waals surface area contributed by atoms with Crippen LogP contribution in [0.25, 0.3) is 0 Å². The van der Waals surface area contributed by atoms with Crippen molar-refractivity contribution < 1.29 is 93.6 Å². The van der Waals surface area contributed by atoms with Gasteiger partial charge < -0.3 is 18.9 Å². The number of nitrogens with zero attached hydrogens (tertiary/aromatic N) is 1. The van der Waals surface area contributed by atoms with Crippen LogP contribution >= 0.6 is 0 Å². The Hall–Kier alpha value is -1.39. The first-order valence-corrected chi connectivity index (χ1v) is 11.6. The number of hydrogen-bond acceptors (Lipinski definition) is 5. The smallest absolute Gasteiger partial charge is 0.378 e. The molecular weight excluding hydrogens is 641 g/mol. The fourth-order valence-electron chi connectivity index (χ4n) is 3.14. The van der Waals surface area contributed by atoms with Crippen LogP contribution in [-0.2, 0) is 18.9 Å². The van der Waals surface area contributed by atoms with Gasteiger partial charge in [0.05, 0.1) is 52.9 Å². The molecule has 252 valence electrons. The number of halogens is 17. The minimum absolute atomic E-state index is 0.0199. The van der Waals surface area contributed by atoms with Gasteiger partial charge in [0.15, 0.2) is 0 Å². The van der Waals surface area contributed by atoms with E-state index in [1.54, 1.807) is 0 Å². The summed E-state index contributed by atoms with van der Waals surface area (Å²) < 4.78 is 249.